The van der Waals surface area contributed by atoms with E-state index in [4.69, 9.17) is 0 Å². The molecule has 1 amide bonds. The molecule has 0 aliphatic carbocycles. The molecule has 0 saturated carbocycles. The summed E-state index contributed by atoms with van der Waals surface area (Å²) in [4.78, 5) is 29.5. The number of carbonyl (C=O) groups excluding carboxylic acids is 1. The van der Waals surface area contributed by atoms with E-state index in [0.717, 1.165) is 4.57 Å². The molecule has 28 heavy (non-hydrogen) atoms. The van der Waals surface area contributed by atoms with Gasteiger partial charge in [-0.25, -0.2) is 4.98 Å². The number of amides is 1. The van der Waals surface area contributed by atoms with Gasteiger partial charge in [0.25, 0.3) is 5.91 Å². The fourth-order valence-corrected chi connectivity index (χ4v) is 3.72. The van der Waals surface area contributed by atoms with E-state index < -0.39 is 35.3 Å². The predicted molar refractivity (Wildman–Crippen MR) is 96.0 cm³/mol. The lowest BCUT2D eigenvalue weighted by Crippen LogP contribution is -2.48. The number of carboxylic acid groups (broad SMARTS) is 1. The molecule has 3 rings (SSSR count). The zero-order valence-electron chi connectivity index (χ0n) is 15.9. The highest BCUT2D eigenvalue weighted by Gasteiger charge is 2.40. The van der Waals surface area contributed by atoms with Gasteiger partial charge in [0.1, 0.15) is 0 Å². The maximum absolute atomic E-state index is 13.3. The largest absolute Gasteiger partial charge is 0.481 e. The van der Waals surface area contributed by atoms with E-state index in [9.17, 15) is 27.9 Å². The van der Waals surface area contributed by atoms with Crippen LogP contribution >= 0.6 is 0 Å². The number of carbonyl (C=O) groups is 2. The van der Waals surface area contributed by atoms with E-state index in [0.29, 0.717) is 24.9 Å². The number of rotatable bonds is 3. The smallest absolute Gasteiger partial charge is 0.449 e. The van der Waals surface area contributed by atoms with Gasteiger partial charge in [0.15, 0.2) is 0 Å². The molecule has 2 heterocycles. The maximum atomic E-state index is 13.3. The average molecular weight is 397 g/mol. The number of benzene rings is 1. The molecule has 0 radical (unpaired) electrons. The molecule has 2 aromatic rings. The van der Waals surface area contributed by atoms with Gasteiger partial charge in [0, 0.05) is 24.7 Å². The molecular weight excluding hydrogens is 375 g/mol. The van der Waals surface area contributed by atoms with Crippen LogP contribution in [0.15, 0.2) is 18.2 Å². The average Bonchev–Trinajstić information content (AvgIpc) is 3.00. The highest BCUT2D eigenvalue weighted by atomic mass is 19.4. The number of piperidine rings is 1. The Bertz CT molecular complexity index is 936. The molecule has 152 valence electrons. The third kappa shape index (κ3) is 3.45. The number of likely N-dealkylation sites (tertiary alicyclic amines) is 1. The summed E-state index contributed by atoms with van der Waals surface area (Å²) < 4.78 is 41.1. The van der Waals surface area contributed by atoms with Crippen LogP contribution in [0.2, 0.25) is 0 Å². The first-order valence-corrected chi connectivity index (χ1v) is 9.06. The van der Waals surface area contributed by atoms with Crippen LogP contribution in [0.25, 0.3) is 11.0 Å². The molecule has 6 nitrogen and oxygen atoms in total. The van der Waals surface area contributed by atoms with Crippen molar-refractivity contribution in [3.63, 3.8) is 0 Å². The van der Waals surface area contributed by atoms with Gasteiger partial charge in [-0.3, -0.25) is 9.59 Å². The lowest BCUT2D eigenvalue weighted by molar-refractivity contribution is -0.150. The molecule has 1 atom stereocenters. The minimum absolute atomic E-state index is 0.0629. The highest BCUT2D eigenvalue weighted by Crippen LogP contribution is 2.35. The Morgan fingerprint density at radius 2 is 1.96 bits per heavy atom. The Hall–Kier alpha value is -2.58. The molecule has 1 aromatic carbocycles. The van der Waals surface area contributed by atoms with Gasteiger partial charge in [-0.2, -0.15) is 13.2 Å². The summed E-state index contributed by atoms with van der Waals surface area (Å²) in [5, 5.41) is 9.41. The van der Waals surface area contributed by atoms with Gasteiger partial charge in [-0.1, -0.05) is 0 Å². The second kappa shape index (κ2) is 6.79. The summed E-state index contributed by atoms with van der Waals surface area (Å²) in [6.07, 6.45) is -3.58. The van der Waals surface area contributed by atoms with Crippen LogP contribution in [0, 0.1) is 5.41 Å². The zero-order valence-corrected chi connectivity index (χ0v) is 15.9. The van der Waals surface area contributed by atoms with Crippen LogP contribution in [0.5, 0.6) is 0 Å². The Morgan fingerprint density at radius 3 is 2.54 bits per heavy atom. The van der Waals surface area contributed by atoms with Crippen molar-refractivity contribution in [1.29, 1.82) is 0 Å². The van der Waals surface area contributed by atoms with Gasteiger partial charge in [-0.15, -0.1) is 0 Å². The number of carboxylic acids is 1. The topological polar surface area (TPSA) is 75.4 Å². The summed E-state index contributed by atoms with van der Waals surface area (Å²) >= 11 is 0. The molecule has 1 saturated heterocycles. The summed E-state index contributed by atoms with van der Waals surface area (Å²) in [5.74, 6) is -2.37. The fraction of sp³-hybridized carbons (Fsp3) is 0.526. The Morgan fingerprint density at radius 1 is 1.29 bits per heavy atom. The number of aliphatic carboxylic acids is 1. The monoisotopic (exact) mass is 397 g/mol. The third-order valence-electron chi connectivity index (χ3n) is 5.21. The van der Waals surface area contributed by atoms with E-state index in [-0.39, 0.29) is 17.6 Å². The van der Waals surface area contributed by atoms with Crippen molar-refractivity contribution in [2.45, 2.75) is 45.8 Å². The van der Waals surface area contributed by atoms with E-state index in [1.807, 2.05) is 0 Å². The molecule has 1 N–H and O–H groups in total. The van der Waals surface area contributed by atoms with Gasteiger partial charge >= 0.3 is 12.1 Å². The molecule has 1 aliphatic rings. The first-order valence-electron chi connectivity index (χ1n) is 9.06. The molecule has 1 aromatic heterocycles. The molecule has 0 bridgehead atoms. The van der Waals surface area contributed by atoms with Gasteiger partial charge < -0.3 is 14.6 Å². The van der Waals surface area contributed by atoms with Crippen LogP contribution < -0.4 is 0 Å². The second-order valence-corrected chi connectivity index (χ2v) is 7.80. The number of hydrogen-bond acceptors (Lipinski definition) is 3. The number of hydrogen-bond donors (Lipinski definition) is 1. The first-order chi connectivity index (χ1) is 12.9. The summed E-state index contributed by atoms with van der Waals surface area (Å²) in [7, 11) is 0. The van der Waals surface area contributed by atoms with E-state index in [1.54, 1.807) is 20.8 Å². The number of fused-ring (bicyclic) bond motifs is 1. The van der Waals surface area contributed by atoms with Gasteiger partial charge in [0.05, 0.1) is 16.4 Å². The predicted octanol–water partition coefficient (Wildman–Crippen LogP) is 3.96. The second-order valence-electron chi connectivity index (χ2n) is 7.80. The summed E-state index contributed by atoms with van der Waals surface area (Å²) in [6.45, 7) is 5.34. The number of alkyl halides is 3. The van der Waals surface area contributed by atoms with Crippen molar-refractivity contribution in [2.75, 3.05) is 13.1 Å². The molecule has 1 fully saturated rings. The van der Waals surface area contributed by atoms with Crippen molar-refractivity contribution >= 4 is 22.9 Å². The van der Waals surface area contributed by atoms with Gasteiger partial charge in [0.2, 0.25) is 5.82 Å². The van der Waals surface area contributed by atoms with Crippen molar-refractivity contribution in [1.82, 2.24) is 14.5 Å². The standard InChI is InChI=1S/C19H22F3N3O3/c1-11(2)25-14-6-5-12(9-13(14)23-16(25)19(20,21)22)15(26)24-8-4-7-18(3,10-24)17(27)28/h5-6,9,11H,4,7-8,10H2,1-3H3,(H,27,28). The van der Waals surface area contributed by atoms with Crippen molar-refractivity contribution in [3.8, 4) is 0 Å². The Balaban J connectivity index is 1.98. The first kappa shape index (κ1) is 20.2. The number of aromatic nitrogens is 2. The molecular formula is C19H22F3N3O3. The lowest BCUT2D eigenvalue weighted by Gasteiger charge is -2.37. The SMILES string of the molecule is CC(C)n1c(C(F)(F)F)nc2cc(C(=O)N3CCCC(C)(C(=O)O)C3)ccc21. The molecule has 9 heteroatoms. The van der Waals surface area contributed by atoms with Crippen LogP contribution in [0.1, 0.15) is 55.8 Å². The zero-order chi connectivity index (χ0) is 20.9. The van der Waals surface area contributed by atoms with Crippen molar-refractivity contribution < 1.29 is 27.9 Å². The van der Waals surface area contributed by atoms with Gasteiger partial charge in [-0.05, 0) is 51.8 Å². The highest BCUT2D eigenvalue weighted by molar-refractivity contribution is 5.98. The molecule has 1 aliphatic heterocycles. The number of nitrogens with zero attached hydrogens (tertiary/aromatic N) is 3. The Kier molecular flexibility index (Phi) is 4.89. The minimum Gasteiger partial charge on any atom is -0.481 e. The normalized spacial score (nSPS) is 20.8. The number of halogens is 3. The summed E-state index contributed by atoms with van der Waals surface area (Å²) in [6, 6.07) is 3.82. The van der Waals surface area contributed by atoms with Crippen LogP contribution in [0.4, 0.5) is 13.2 Å². The van der Waals surface area contributed by atoms with E-state index in [2.05, 4.69) is 4.98 Å². The van der Waals surface area contributed by atoms with E-state index in [1.165, 1.54) is 23.1 Å². The minimum atomic E-state index is -4.61. The fourth-order valence-electron chi connectivity index (χ4n) is 3.72. The maximum Gasteiger partial charge on any atom is 0.449 e. The lowest BCUT2D eigenvalue weighted by atomic mass is 9.82. The van der Waals surface area contributed by atoms with Crippen LogP contribution in [-0.2, 0) is 11.0 Å². The molecule has 0 spiro atoms. The summed E-state index contributed by atoms with van der Waals surface area (Å²) in [5.41, 5.74) is -0.442. The van der Waals surface area contributed by atoms with Crippen LogP contribution in [0.3, 0.4) is 0 Å². The van der Waals surface area contributed by atoms with Crippen molar-refractivity contribution in [2.24, 2.45) is 5.41 Å². The third-order valence-corrected chi connectivity index (χ3v) is 5.21. The van der Waals surface area contributed by atoms with E-state index >= 15 is 0 Å². The van der Waals surface area contributed by atoms with Crippen molar-refractivity contribution in [3.05, 3.63) is 29.6 Å². The number of imidazole rings is 1. The Labute approximate surface area is 159 Å². The van der Waals surface area contributed by atoms with Crippen LogP contribution in [-0.4, -0.2) is 44.5 Å². The quantitative estimate of drug-likeness (QED) is 0.851. The molecule has 1 unspecified atom stereocenters.